The normalized spacial score (nSPS) is 39.1. The van der Waals surface area contributed by atoms with Crippen molar-refractivity contribution in [2.75, 3.05) is 27.2 Å². The second-order valence-electron chi connectivity index (χ2n) is 16.8. The Morgan fingerprint density at radius 1 is 1.11 bits per heavy atom. The van der Waals surface area contributed by atoms with Crippen molar-refractivity contribution >= 4 is 34.8 Å². The zero-order valence-corrected chi connectivity index (χ0v) is 34.4. The molecule has 1 amide bonds. The Morgan fingerprint density at radius 2 is 1.82 bits per heavy atom. The van der Waals surface area contributed by atoms with Crippen molar-refractivity contribution in [2.45, 2.75) is 140 Å². The number of hydrogen-bond acceptors (Lipinski definition) is 12. The summed E-state index contributed by atoms with van der Waals surface area (Å²) in [7, 11) is 3.71. The lowest BCUT2D eigenvalue weighted by atomic mass is 9.77. The number of amides is 1. The second kappa shape index (κ2) is 17.5. The van der Waals surface area contributed by atoms with Crippen LogP contribution in [0.25, 0.3) is 17.0 Å². The Kier molecular flexibility index (Phi) is 13.6. The minimum atomic E-state index is -3.14. The number of likely N-dealkylation sites (N-methyl/N-ethyl adjacent to an activating group) is 1. The highest BCUT2D eigenvalue weighted by Gasteiger charge is 2.58. The molecule has 3 aliphatic heterocycles. The number of benzene rings is 1. The van der Waals surface area contributed by atoms with E-state index in [4.69, 9.17) is 23.7 Å². The van der Waals surface area contributed by atoms with E-state index in [0.29, 0.717) is 19.4 Å². The number of rotatable bonds is 8. The molecule has 5 rings (SSSR count). The van der Waals surface area contributed by atoms with Gasteiger partial charge in [-0.2, -0.15) is 0 Å². The number of cyclic esters (lactones) is 1. The fourth-order valence-corrected chi connectivity index (χ4v) is 8.68. The third-order valence-corrected chi connectivity index (χ3v) is 11.8. The maximum absolute atomic E-state index is 16.9. The summed E-state index contributed by atoms with van der Waals surface area (Å²) in [6.45, 7) is 13.9. The van der Waals surface area contributed by atoms with E-state index in [9.17, 15) is 19.5 Å². The van der Waals surface area contributed by atoms with Gasteiger partial charge in [-0.1, -0.05) is 51.1 Å². The van der Waals surface area contributed by atoms with Gasteiger partial charge in [0.1, 0.15) is 12.2 Å². The molecule has 0 saturated carbocycles. The minimum Gasteiger partial charge on any atom is -0.455 e. The highest BCUT2D eigenvalue weighted by atomic mass is 19.1. The summed E-state index contributed by atoms with van der Waals surface area (Å²) in [5.41, 5.74) is -4.09. The zero-order valence-electron chi connectivity index (χ0n) is 34.4. The number of nitrogens with one attached hydrogen (secondary N) is 2. The van der Waals surface area contributed by atoms with Gasteiger partial charge in [0.25, 0.3) is 5.67 Å². The van der Waals surface area contributed by atoms with Crippen LogP contribution < -0.4 is 10.6 Å². The van der Waals surface area contributed by atoms with Gasteiger partial charge in [-0.3, -0.25) is 9.78 Å². The van der Waals surface area contributed by atoms with Gasteiger partial charge in [-0.05, 0) is 98.1 Å². The highest BCUT2D eigenvalue weighted by Crippen LogP contribution is 2.39. The van der Waals surface area contributed by atoms with Gasteiger partial charge in [0.15, 0.2) is 17.7 Å². The van der Waals surface area contributed by atoms with E-state index >= 15 is 4.39 Å². The third-order valence-electron chi connectivity index (χ3n) is 11.8. The molecule has 3 fully saturated rings. The van der Waals surface area contributed by atoms with E-state index in [1.165, 1.54) is 6.92 Å². The van der Waals surface area contributed by atoms with Crippen LogP contribution >= 0.6 is 0 Å². The van der Waals surface area contributed by atoms with Gasteiger partial charge in [0, 0.05) is 29.6 Å². The molecule has 5 unspecified atom stereocenters. The first-order valence-electron chi connectivity index (χ1n) is 19.8. The molecule has 2 aromatic rings. The van der Waals surface area contributed by atoms with Crippen molar-refractivity contribution < 1.29 is 47.6 Å². The molecule has 1 aromatic heterocycles. The summed E-state index contributed by atoms with van der Waals surface area (Å²) in [4.78, 5) is 47.3. The van der Waals surface area contributed by atoms with Gasteiger partial charge in [0.2, 0.25) is 0 Å². The number of fused-ring (bicyclic) bond motifs is 2. The van der Waals surface area contributed by atoms with Crippen LogP contribution in [-0.2, 0) is 33.3 Å². The number of ketones is 1. The van der Waals surface area contributed by atoms with Crippen LogP contribution in [0.1, 0.15) is 80.2 Å². The molecule has 13 nitrogen and oxygen atoms in total. The number of aromatic nitrogens is 1. The molecule has 56 heavy (non-hydrogen) atoms. The molecular weight excluding hydrogens is 723 g/mol. The van der Waals surface area contributed by atoms with Gasteiger partial charge >= 0.3 is 12.1 Å². The minimum absolute atomic E-state index is 0.0718. The number of nitrogens with zero attached hydrogens (tertiary/aromatic N) is 2. The molecular formula is C42H61FN4O9. The van der Waals surface area contributed by atoms with E-state index in [2.05, 4.69) is 15.6 Å². The van der Waals surface area contributed by atoms with Crippen molar-refractivity contribution in [3.05, 3.63) is 48.2 Å². The van der Waals surface area contributed by atoms with Crippen LogP contribution in [0.4, 0.5) is 9.18 Å². The fraction of sp³-hybridized carbons (Fsp3) is 0.667. The van der Waals surface area contributed by atoms with Crippen molar-refractivity contribution in [2.24, 2.45) is 11.8 Å². The van der Waals surface area contributed by atoms with Crippen molar-refractivity contribution in [1.82, 2.24) is 20.5 Å². The number of alkyl halides is 1. The number of alkyl carbamates (subject to hydrolysis) is 1. The maximum atomic E-state index is 16.9. The summed E-state index contributed by atoms with van der Waals surface area (Å²) in [6, 6.07) is 8.46. The number of aliphatic hydroxyl groups is 1. The Hall–Kier alpha value is -3.53. The van der Waals surface area contributed by atoms with Crippen LogP contribution in [0.2, 0.25) is 0 Å². The standard InChI is InChI=1S/C42H61FN4O9/c1-11-32-42(8)34(46-39(51)56-42)27(5)44-22-24(2)21-40(6,52-18-14-15-28-20-29-16-12-13-17-30(29)45-23-28)36(26(4)35(49)41(7,43)38(50)54-32)55-37-33(48)31(47(9)10)19-25(3)53-37/h12-17,20,23-27,31-34,36-37,44,48H,11,18-19,21-22H2,1-10H3,(H,46,51)/b15-14+/t24-,25?,26+,27-,31?,32-,33?,34-,36?,37+,40-,41?,42-/m1/s1. The van der Waals surface area contributed by atoms with Gasteiger partial charge in [-0.15, -0.1) is 0 Å². The number of hydrogen-bond donors (Lipinski definition) is 3. The molecule has 0 radical (unpaired) electrons. The van der Waals surface area contributed by atoms with Crippen LogP contribution in [0.5, 0.6) is 0 Å². The summed E-state index contributed by atoms with van der Waals surface area (Å²) >= 11 is 0. The van der Waals surface area contributed by atoms with E-state index in [-0.39, 0.29) is 37.1 Å². The number of carbonyl (C=O) groups excluding carboxylic acids is 3. The van der Waals surface area contributed by atoms with E-state index < -0.39 is 71.3 Å². The number of para-hydroxylation sites is 1. The summed E-state index contributed by atoms with van der Waals surface area (Å²) in [5, 5.41) is 18.9. The SMILES string of the molecule is CC[C@H]1OC(=O)C(C)(F)C(=O)[C@H](C)C(O[C@@H]2OC(C)CC(N(C)C)C2O)[C@](C)(OC/C=C/c2cnc3ccccc3c2)C[C@@H](C)CN[C@H](C)[C@H]2NC(=O)O[C@@]21C. The predicted molar refractivity (Wildman–Crippen MR) is 209 cm³/mol. The number of aliphatic hydroxyl groups excluding tert-OH is 1. The third kappa shape index (κ3) is 9.26. The van der Waals surface area contributed by atoms with Gasteiger partial charge < -0.3 is 44.3 Å². The zero-order chi connectivity index (χ0) is 41.2. The van der Waals surface area contributed by atoms with Crippen LogP contribution in [0.3, 0.4) is 0 Å². The molecule has 3 saturated heterocycles. The molecule has 3 N–H and O–H groups in total. The molecule has 14 heteroatoms. The number of Topliss-reactive ketones (excluding diaryl/α,β-unsaturated/α-hetero) is 1. The van der Waals surface area contributed by atoms with Crippen LogP contribution in [-0.4, -0.2) is 126 Å². The topological polar surface area (TPSA) is 158 Å². The summed E-state index contributed by atoms with van der Waals surface area (Å²) in [6.07, 6.45) is 0.890. The molecule has 4 heterocycles. The first kappa shape index (κ1) is 43.6. The molecule has 0 spiro atoms. The predicted octanol–water partition coefficient (Wildman–Crippen LogP) is 4.97. The maximum Gasteiger partial charge on any atom is 0.408 e. The molecule has 310 valence electrons. The van der Waals surface area contributed by atoms with E-state index in [1.807, 2.05) is 82.3 Å². The second-order valence-corrected chi connectivity index (χ2v) is 16.8. The Labute approximate surface area is 330 Å². The van der Waals surface area contributed by atoms with Crippen LogP contribution in [0, 0.1) is 11.8 Å². The lowest BCUT2D eigenvalue weighted by molar-refractivity contribution is -0.297. The number of ether oxygens (including phenoxy) is 5. The first-order chi connectivity index (χ1) is 26.3. The van der Waals surface area contributed by atoms with E-state index in [0.717, 1.165) is 23.4 Å². The molecule has 0 aliphatic carbocycles. The Morgan fingerprint density at radius 3 is 2.52 bits per heavy atom. The Balaban J connectivity index is 1.54. The number of halogens is 1. The molecule has 1 aromatic carbocycles. The number of carbonyl (C=O) groups is 3. The largest absolute Gasteiger partial charge is 0.455 e. The molecule has 0 bridgehead atoms. The highest BCUT2D eigenvalue weighted by molar-refractivity contribution is 6.07. The monoisotopic (exact) mass is 784 g/mol. The van der Waals surface area contributed by atoms with Gasteiger partial charge in [-0.25, -0.2) is 14.0 Å². The molecule has 3 aliphatic rings. The lowest BCUT2D eigenvalue weighted by Gasteiger charge is -2.47. The fourth-order valence-electron chi connectivity index (χ4n) is 8.68. The van der Waals surface area contributed by atoms with Gasteiger partial charge in [0.05, 0.1) is 36.0 Å². The molecule has 13 atom stereocenters. The average molecular weight is 785 g/mol. The van der Waals surface area contributed by atoms with Crippen molar-refractivity contribution in [3.63, 3.8) is 0 Å². The lowest BCUT2D eigenvalue weighted by Crippen LogP contribution is -2.61. The van der Waals surface area contributed by atoms with E-state index in [1.54, 1.807) is 27.0 Å². The Bertz CT molecular complexity index is 1740. The average Bonchev–Trinajstić information content (AvgIpc) is 3.47. The first-order valence-corrected chi connectivity index (χ1v) is 19.8. The smallest absolute Gasteiger partial charge is 0.408 e. The van der Waals surface area contributed by atoms with Crippen LogP contribution in [0.15, 0.2) is 42.6 Å². The number of pyridine rings is 1. The van der Waals surface area contributed by atoms with Crippen molar-refractivity contribution in [1.29, 1.82) is 0 Å². The number of esters is 1. The quantitative estimate of drug-likeness (QED) is 0.244. The van der Waals surface area contributed by atoms with Crippen molar-refractivity contribution in [3.8, 4) is 0 Å². The summed E-state index contributed by atoms with van der Waals surface area (Å²) < 4.78 is 48.0. The summed E-state index contributed by atoms with van der Waals surface area (Å²) in [5.74, 6) is -3.94.